The van der Waals surface area contributed by atoms with Crippen LogP contribution in [0.5, 0.6) is 0 Å². The van der Waals surface area contributed by atoms with Gasteiger partial charge in [-0.2, -0.15) is 0 Å². The van der Waals surface area contributed by atoms with E-state index in [0.29, 0.717) is 10.9 Å². The van der Waals surface area contributed by atoms with Crippen molar-refractivity contribution in [3.05, 3.63) is 0 Å². The van der Waals surface area contributed by atoms with E-state index in [4.69, 9.17) is 0 Å². The highest BCUT2D eigenvalue weighted by Gasteiger charge is 2.20. The Morgan fingerprint density at radius 3 is 2.74 bits per heavy atom. The zero-order valence-corrected chi connectivity index (χ0v) is 13.0. The number of unbranched alkanes of at least 4 members (excludes halogenated alkanes) is 2. The fraction of sp³-hybridized carbons (Fsp3) is 0.833. The first kappa shape index (κ1) is 15.9. The van der Waals surface area contributed by atoms with Gasteiger partial charge in [-0.3, -0.25) is 4.79 Å². The van der Waals surface area contributed by atoms with Crippen LogP contribution in [-0.4, -0.2) is 38.4 Å². The normalized spacial score (nSPS) is 11.6. The summed E-state index contributed by atoms with van der Waals surface area (Å²) in [5.74, 6) is 0.382. The summed E-state index contributed by atoms with van der Waals surface area (Å²) in [5.41, 5.74) is -0.177. The van der Waals surface area contributed by atoms with E-state index in [2.05, 4.69) is 27.8 Å². The Morgan fingerprint density at radius 1 is 1.37 bits per heavy atom. The Kier molecular flexibility index (Phi) is 6.27. The van der Waals surface area contributed by atoms with Crippen LogP contribution in [0.25, 0.3) is 0 Å². The molecule has 0 atom stereocenters. The monoisotopic (exact) mass is 285 g/mol. The lowest BCUT2D eigenvalue weighted by Crippen LogP contribution is -2.27. The van der Waals surface area contributed by atoms with Crippen LogP contribution in [0, 0.1) is 0 Å². The standard InChI is InChI=1S/C12H23N5OS/c1-5-6-7-8-13-10(18)9-19-11-14-15-16-17(11)12(2,3)4/h5-9H2,1-4H3,(H,13,18). The average molecular weight is 285 g/mol. The molecule has 1 N–H and O–H groups in total. The number of tetrazole rings is 1. The van der Waals surface area contributed by atoms with Crippen molar-refractivity contribution in [1.29, 1.82) is 0 Å². The molecule has 108 valence electrons. The Hall–Kier alpha value is -1.11. The molecule has 0 aliphatic carbocycles. The van der Waals surface area contributed by atoms with Crippen molar-refractivity contribution in [2.45, 2.75) is 57.7 Å². The second kappa shape index (κ2) is 7.47. The Balaban J connectivity index is 2.37. The first-order valence-corrected chi connectivity index (χ1v) is 7.62. The fourth-order valence-electron chi connectivity index (χ4n) is 1.47. The van der Waals surface area contributed by atoms with Gasteiger partial charge in [-0.25, -0.2) is 4.68 Å². The smallest absolute Gasteiger partial charge is 0.230 e. The molecule has 19 heavy (non-hydrogen) atoms. The highest BCUT2D eigenvalue weighted by Crippen LogP contribution is 2.20. The highest BCUT2D eigenvalue weighted by molar-refractivity contribution is 7.99. The number of carbonyl (C=O) groups is 1. The van der Waals surface area contributed by atoms with Crippen LogP contribution in [0.1, 0.15) is 47.0 Å². The van der Waals surface area contributed by atoms with E-state index in [9.17, 15) is 4.79 Å². The second-order valence-electron chi connectivity index (χ2n) is 5.39. The highest BCUT2D eigenvalue weighted by atomic mass is 32.2. The van der Waals surface area contributed by atoms with E-state index in [1.165, 1.54) is 11.8 Å². The summed E-state index contributed by atoms with van der Waals surface area (Å²) in [6, 6.07) is 0. The molecule has 0 saturated heterocycles. The molecule has 0 radical (unpaired) electrons. The maximum atomic E-state index is 11.7. The topological polar surface area (TPSA) is 72.7 Å². The Labute approximate surface area is 118 Å². The molecule has 0 aromatic carbocycles. The molecule has 0 saturated carbocycles. The summed E-state index contributed by atoms with van der Waals surface area (Å²) >= 11 is 1.37. The zero-order valence-electron chi connectivity index (χ0n) is 12.1. The van der Waals surface area contributed by atoms with Gasteiger partial charge in [-0.05, 0) is 37.6 Å². The van der Waals surface area contributed by atoms with Crippen LogP contribution < -0.4 is 5.32 Å². The quantitative estimate of drug-likeness (QED) is 0.611. The van der Waals surface area contributed by atoms with Gasteiger partial charge in [0, 0.05) is 6.54 Å². The molecule has 6 nitrogen and oxygen atoms in total. The van der Waals surface area contributed by atoms with Gasteiger partial charge in [0.25, 0.3) is 0 Å². The number of carbonyl (C=O) groups excluding carboxylic acids is 1. The number of nitrogens with one attached hydrogen (secondary N) is 1. The summed E-state index contributed by atoms with van der Waals surface area (Å²) in [6.45, 7) is 8.97. The van der Waals surface area contributed by atoms with Crippen LogP contribution in [-0.2, 0) is 10.3 Å². The number of hydrogen-bond acceptors (Lipinski definition) is 5. The summed E-state index contributed by atoms with van der Waals surface area (Å²) < 4.78 is 1.74. The van der Waals surface area contributed by atoms with Crippen LogP contribution in [0.3, 0.4) is 0 Å². The lowest BCUT2D eigenvalue weighted by molar-refractivity contribution is -0.118. The lowest BCUT2D eigenvalue weighted by Gasteiger charge is -2.19. The SMILES string of the molecule is CCCCCNC(=O)CSc1nnnn1C(C)(C)C. The van der Waals surface area contributed by atoms with Crippen molar-refractivity contribution in [2.24, 2.45) is 0 Å². The Morgan fingerprint density at radius 2 is 2.11 bits per heavy atom. The van der Waals surface area contributed by atoms with Crippen LogP contribution in [0.15, 0.2) is 5.16 Å². The average Bonchev–Trinajstić information content (AvgIpc) is 2.80. The van der Waals surface area contributed by atoms with Crippen molar-refractivity contribution >= 4 is 17.7 Å². The van der Waals surface area contributed by atoms with Gasteiger partial charge in [0.15, 0.2) is 0 Å². The first-order valence-electron chi connectivity index (χ1n) is 6.63. The van der Waals surface area contributed by atoms with Crippen LogP contribution in [0.4, 0.5) is 0 Å². The summed E-state index contributed by atoms with van der Waals surface area (Å²) in [4.78, 5) is 11.7. The molecular formula is C12H23N5OS. The number of amides is 1. The minimum Gasteiger partial charge on any atom is -0.355 e. The fourth-order valence-corrected chi connectivity index (χ4v) is 2.36. The maximum Gasteiger partial charge on any atom is 0.230 e. The van der Waals surface area contributed by atoms with Gasteiger partial charge in [0.1, 0.15) is 0 Å². The molecule has 1 aromatic rings. The summed E-state index contributed by atoms with van der Waals surface area (Å²) in [7, 11) is 0. The van der Waals surface area contributed by atoms with Crippen molar-refractivity contribution in [1.82, 2.24) is 25.5 Å². The molecule has 1 rings (SSSR count). The summed E-state index contributed by atoms with van der Waals surface area (Å²) in [5, 5.41) is 15.1. The van der Waals surface area contributed by atoms with Crippen molar-refractivity contribution in [3.63, 3.8) is 0 Å². The number of aromatic nitrogens is 4. The molecule has 0 aliphatic rings. The molecule has 7 heteroatoms. The van der Waals surface area contributed by atoms with E-state index in [1.54, 1.807) is 4.68 Å². The van der Waals surface area contributed by atoms with E-state index in [1.807, 2.05) is 20.8 Å². The van der Waals surface area contributed by atoms with Crippen molar-refractivity contribution in [2.75, 3.05) is 12.3 Å². The molecule has 1 heterocycles. The number of nitrogens with zero attached hydrogens (tertiary/aromatic N) is 4. The number of thioether (sulfide) groups is 1. The van der Waals surface area contributed by atoms with E-state index < -0.39 is 0 Å². The van der Waals surface area contributed by atoms with E-state index >= 15 is 0 Å². The third-order valence-corrected chi connectivity index (χ3v) is 3.43. The second-order valence-corrected chi connectivity index (χ2v) is 6.33. The van der Waals surface area contributed by atoms with Gasteiger partial charge in [-0.1, -0.05) is 31.5 Å². The number of rotatable bonds is 7. The summed E-state index contributed by atoms with van der Waals surface area (Å²) in [6.07, 6.45) is 3.34. The molecule has 1 amide bonds. The van der Waals surface area contributed by atoms with Gasteiger partial charge in [0.2, 0.25) is 11.1 Å². The van der Waals surface area contributed by atoms with Crippen molar-refractivity contribution < 1.29 is 4.79 Å². The van der Waals surface area contributed by atoms with Crippen LogP contribution >= 0.6 is 11.8 Å². The van der Waals surface area contributed by atoms with E-state index in [-0.39, 0.29) is 11.4 Å². The molecular weight excluding hydrogens is 262 g/mol. The molecule has 0 unspecified atom stereocenters. The predicted molar refractivity (Wildman–Crippen MR) is 76.1 cm³/mol. The number of hydrogen-bond donors (Lipinski definition) is 1. The maximum absolute atomic E-state index is 11.7. The predicted octanol–water partition coefficient (Wildman–Crippen LogP) is 1.83. The third-order valence-electron chi connectivity index (χ3n) is 2.51. The minimum absolute atomic E-state index is 0.0320. The third kappa shape index (κ3) is 5.59. The molecule has 0 bridgehead atoms. The molecule has 0 fully saturated rings. The molecule has 1 aromatic heterocycles. The zero-order chi connectivity index (χ0) is 14.3. The van der Waals surface area contributed by atoms with E-state index in [0.717, 1.165) is 25.8 Å². The Bertz CT molecular complexity index is 399. The lowest BCUT2D eigenvalue weighted by atomic mass is 10.1. The van der Waals surface area contributed by atoms with Crippen molar-refractivity contribution in [3.8, 4) is 0 Å². The molecule has 0 spiro atoms. The minimum atomic E-state index is -0.177. The molecule has 0 aliphatic heterocycles. The van der Waals surface area contributed by atoms with Crippen LogP contribution in [0.2, 0.25) is 0 Å². The largest absolute Gasteiger partial charge is 0.355 e. The van der Waals surface area contributed by atoms with Gasteiger partial charge < -0.3 is 5.32 Å². The first-order chi connectivity index (χ1) is 8.95. The van der Waals surface area contributed by atoms with Gasteiger partial charge in [0.05, 0.1) is 11.3 Å². The van der Waals surface area contributed by atoms with Gasteiger partial charge in [-0.15, -0.1) is 5.10 Å². The van der Waals surface area contributed by atoms with Gasteiger partial charge >= 0.3 is 0 Å².